The monoisotopic (exact) mass is 327 g/mol. The van der Waals surface area contributed by atoms with Gasteiger partial charge in [0.2, 0.25) is 0 Å². The van der Waals surface area contributed by atoms with Crippen LogP contribution in [0.2, 0.25) is 0 Å². The van der Waals surface area contributed by atoms with Crippen LogP contribution in [0, 0.1) is 13.8 Å². The largest absolute Gasteiger partial charge is 0.326 e. The fraction of sp³-hybridized carbons (Fsp3) is 0.333. The second-order valence-electron chi connectivity index (χ2n) is 5.68. The van der Waals surface area contributed by atoms with Crippen molar-refractivity contribution in [3.05, 3.63) is 47.2 Å². The molecule has 120 valence electrons. The normalized spacial score (nSPS) is 13.6. The minimum atomic E-state index is -0.0822. The Morgan fingerprint density at radius 3 is 2.91 bits per heavy atom. The summed E-state index contributed by atoms with van der Waals surface area (Å²) in [4.78, 5) is 19.2. The van der Waals surface area contributed by atoms with Crippen molar-refractivity contribution in [1.29, 1.82) is 0 Å². The molecule has 0 saturated heterocycles. The van der Waals surface area contributed by atoms with Crippen LogP contribution in [-0.4, -0.2) is 23.3 Å². The third kappa shape index (κ3) is 3.20. The van der Waals surface area contributed by atoms with E-state index in [-0.39, 0.29) is 6.03 Å². The Morgan fingerprint density at radius 2 is 2.13 bits per heavy atom. The molecule has 1 aliphatic heterocycles. The van der Waals surface area contributed by atoms with E-state index in [9.17, 15) is 4.79 Å². The molecular formula is C18H21N3OS. The van der Waals surface area contributed by atoms with Gasteiger partial charge in [-0.3, -0.25) is 4.90 Å². The first kappa shape index (κ1) is 15.9. The SMILES string of the molecule is CCc1ccccc1NC(=O)N1CCSc2nc(C)cc(C)c21. The zero-order chi connectivity index (χ0) is 16.4. The van der Waals surface area contributed by atoms with Gasteiger partial charge in [-0.05, 0) is 43.5 Å². The summed E-state index contributed by atoms with van der Waals surface area (Å²) in [7, 11) is 0. The molecule has 2 amide bonds. The Kier molecular flexibility index (Phi) is 4.57. The van der Waals surface area contributed by atoms with Gasteiger partial charge in [0.15, 0.2) is 0 Å². The second kappa shape index (κ2) is 6.62. The molecule has 3 rings (SSSR count). The summed E-state index contributed by atoms with van der Waals surface area (Å²) < 4.78 is 0. The van der Waals surface area contributed by atoms with E-state index < -0.39 is 0 Å². The van der Waals surface area contributed by atoms with Gasteiger partial charge in [-0.15, -0.1) is 11.8 Å². The van der Waals surface area contributed by atoms with Gasteiger partial charge in [0.25, 0.3) is 0 Å². The van der Waals surface area contributed by atoms with Gasteiger partial charge in [-0.2, -0.15) is 0 Å². The van der Waals surface area contributed by atoms with Crippen molar-refractivity contribution in [2.75, 3.05) is 22.5 Å². The molecule has 0 fully saturated rings. The fourth-order valence-corrected chi connectivity index (χ4v) is 3.99. The maximum absolute atomic E-state index is 12.8. The molecule has 0 unspecified atom stereocenters. The summed E-state index contributed by atoms with van der Waals surface area (Å²) in [6.45, 7) is 6.82. The Hall–Kier alpha value is -2.01. The topological polar surface area (TPSA) is 45.2 Å². The third-order valence-electron chi connectivity index (χ3n) is 3.99. The highest BCUT2D eigenvalue weighted by molar-refractivity contribution is 7.99. The lowest BCUT2D eigenvalue weighted by Crippen LogP contribution is -2.39. The van der Waals surface area contributed by atoms with Crippen molar-refractivity contribution in [1.82, 2.24) is 4.98 Å². The smallest absolute Gasteiger partial charge is 0.307 e. The first-order valence-electron chi connectivity index (χ1n) is 7.87. The Morgan fingerprint density at radius 1 is 1.35 bits per heavy atom. The number of nitrogens with one attached hydrogen (secondary N) is 1. The van der Waals surface area contributed by atoms with Gasteiger partial charge >= 0.3 is 6.03 Å². The lowest BCUT2D eigenvalue weighted by atomic mass is 10.1. The van der Waals surface area contributed by atoms with E-state index in [0.717, 1.165) is 45.4 Å². The number of anilines is 2. The number of rotatable bonds is 2. The number of hydrogen-bond acceptors (Lipinski definition) is 3. The zero-order valence-electron chi connectivity index (χ0n) is 13.7. The number of thioether (sulfide) groups is 1. The van der Waals surface area contributed by atoms with Crippen LogP contribution in [0.15, 0.2) is 35.4 Å². The number of urea groups is 1. The van der Waals surface area contributed by atoms with Crippen LogP contribution in [0.3, 0.4) is 0 Å². The molecule has 0 saturated carbocycles. The van der Waals surface area contributed by atoms with E-state index >= 15 is 0 Å². The number of carbonyl (C=O) groups excluding carboxylic acids is 1. The molecule has 1 aliphatic rings. The van der Waals surface area contributed by atoms with E-state index in [1.165, 1.54) is 0 Å². The van der Waals surface area contributed by atoms with Crippen LogP contribution in [-0.2, 0) is 6.42 Å². The lowest BCUT2D eigenvalue weighted by molar-refractivity contribution is 0.257. The molecule has 4 nitrogen and oxygen atoms in total. The summed E-state index contributed by atoms with van der Waals surface area (Å²) in [6.07, 6.45) is 0.892. The molecule has 0 aliphatic carbocycles. The maximum atomic E-state index is 12.8. The Labute approximate surface area is 141 Å². The number of aromatic nitrogens is 1. The van der Waals surface area contributed by atoms with Crippen molar-refractivity contribution >= 4 is 29.2 Å². The molecule has 0 spiro atoms. The average Bonchev–Trinajstić information content (AvgIpc) is 2.54. The molecule has 2 heterocycles. The fourth-order valence-electron chi connectivity index (χ4n) is 2.91. The molecule has 0 radical (unpaired) electrons. The Balaban J connectivity index is 1.90. The first-order valence-corrected chi connectivity index (χ1v) is 8.86. The van der Waals surface area contributed by atoms with Crippen molar-refractivity contribution in [3.63, 3.8) is 0 Å². The van der Waals surface area contributed by atoms with Gasteiger partial charge in [0.05, 0.1) is 5.69 Å². The van der Waals surface area contributed by atoms with E-state index in [4.69, 9.17) is 0 Å². The number of hydrogen-bond donors (Lipinski definition) is 1. The van der Waals surface area contributed by atoms with E-state index in [0.29, 0.717) is 6.54 Å². The molecule has 5 heteroatoms. The zero-order valence-corrected chi connectivity index (χ0v) is 14.5. The van der Waals surface area contributed by atoms with Crippen LogP contribution >= 0.6 is 11.8 Å². The summed E-state index contributed by atoms with van der Waals surface area (Å²) >= 11 is 1.72. The van der Waals surface area contributed by atoms with Crippen LogP contribution in [0.5, 0.6) is 0 Å². The number of amides is 2. The predicted molar refractivity (Wildman–Crippen MR) is 96.6 cm³/mol. The number of fused-ring (bicyclic) bond motifs is 1. The van der Waals surface area contributed by atoms with E-state index in [2.05, 4.69) is 17.2 Å². The summed E-state index contributed by atoms with van der Waals surface area (Å²) in [5.41, 5.74) is 5.06. The minimum absolute atomic E-state index is 0.0822. The molecule has 1 N–H and O–H groups in total. The predicted octanol–water partition coefficient (Wildman–Crippen LogP) is 4.41. The number of aryl methyl sites for hydroxylation is 3. The molecule has 0 bridgehead atoms. The standard InChI is InChI=1S/C18H21N3OS/c1-4-14-7-5-6-8-15(14)20-18(22)21-9-10-23-17-16(21)12(2)11-13(3)19-17/h5-8,11H,4,9-10H2,1-3H3,(H,20,22). The van der Waals surface area contributed by atoms with Crippen molar-refractivity contribution in [2.24, 2.45) is 0 Å². The quantitative estimate of drug-likeness (QED) is 0.889. The highest BCUT2D eigenvalue weighted by Gasteiger charge is 2.26. The van der Waals surface area contributed by atoms with Crippen molar-refractivity contribution in [3.8, 4) is 0 Å². The van der Waals surface area contributed by atoms with Gasteiger partial charge < -0.3 is 5.32 Å². The van der Waals surface area contributed by atoms with Crippen LogP contribution < -0.4 is 10.2 Å². The van der Waals surface area contributed by atoms with Crippen molar-refractivity contribution in [2.45, 2.75) is 32.2 Å². The number of para-hydroxylation sites is 1. The lowest BCUT2D eigenvalue weighted by Gasteiger charge is -2.30. The van der Waals surface area contributed by atoms with E-state index in [1.807, 2.05) is 49.1 Å². The van der Waals surface area contributed by atoms with E-state index in [1.54, 1.807) is 11.8 Å². The van der Waals surface area contributed by atoms with Gasteiger partial charge in [0.1, 0.15) is 5.03 Å². The number of nitrogens with zero attached hydrogens (tertiary/aromatic N) is 2. The van der Waals surface area contributed by atoms with Crippen LogP contribution in [0.1, 0.15) is 23.7 Å². The molecular weight excluding hydrogens is 306 g/mol. The maximum Gasteiger partial charge on any atom is 0.326 e. The molecule has 23 heavy (non-hydrogen) atoms. The molecule has 1 aromatic heterocycles. The second-order valence-corrected chi connectivity index (χ2v) is 6.76. The van der Waals surface area contributed by atoms with Crippen molar-refractivity contribution < 1.29 is 4.79 Å². The summed E-state index contributed by atoms with van der Waals surface area (Å²) in [6, 6.07) is 9.90. The average molecular weight is 327 g/mol. The number of benzene rings is 1. The number of pyridine rings is 1. The highest BCUT2D eigenvalue weighted by Crippen LogP contribution is 2.36. The van der Waals surface area contributed by atoms with Gasteiger partial charge in [-0.25, -0.2) is 9.78 Å². The third-order valence-corrected chi connectivity index (χ3v) is 4.93. The molecule has 0 atom stereocenters. The first-order chi connectivity index (χ1) is 11.1. The van der Waals surface area contributed by atoms with Crippen LogP contribution in [0.4, 0.5) is 16.2 Å². The molecule has 2 aromatic rings. The molecule has 1 aromatic carbocycles. The highest BCUT2D eigenvalue weighted by atomic mass is 32.2. The Bertz CT molecular complexity index is 745. The summed E-state index contributed by atoms with van der Waals surface area (Å²) in [5.74, 6) is 0.867. The van der Waals surface area contributed by atoms with Gasteiger partial charge in [0, 0.05) is 23.7 Å². The number of carbonyl (C=O) groups is 1. The van der Waals surface area contributed by atoms with Gasteiger partial charge in [-0.1, -0.05) is 25.1 Å². The minimum Gasteiger partial charge on any atom is -0.307 e. The summed E-state index contributed by atoms with van der Waals surface area (Å²) in [5, 5.41) is 4.02. The van der Waals surface area contributed by atoms with Crippen LogP contribution in [0.25, 0.3) is 0 Å².